The number of azo groups is 1. The van der Waals surface area contributed by atoms with Crippen molar-refractivity contribution in [3.63, 3.8) is 0 Å². The van der Waals surface area contributed by atoms with E-state index in [-0.39, 0.29) is 98.6 Å². The van der Waals surface area contributed by atoms with Crippen LogP contribution in [0.4, 0.5) is 28.7 Å². The molecule has 0 aliphatic heterocycles. The molecule has 0 saturated carbocycles. The molecule has 19 heteroatoms. The topological polar surface area (TPSA) is 256 Å². The zero-order valence-electron chi connectivity index (χ0n) is 21.2. The monoisotopic (exact) mass is 605 g/mol. The summed E-state index contributed by atoms with van der Waals surface area (Å²) in [5.74, 6) is -0.447. The first kappa shape index (κ1) is 33.8. The number of fused-ring (bicyclic) bond motifs is 1. The second-order valence-corrected chi connectivity index (χ2v) is 10.5. The fraction of sp³-hybridized carbons (Fsp3) is 0.0952. The predicted octanol–water partition coefficient (Wildman–Crippen LogP) is -3.86. The summed E-state index contributed by atoms with van der Waals surface area (Å²) < 4.78 is 70.0. The van der Waals surface area contributed by atoms with Crippen molar-refractivity contribution in [2.75, 3.05) is 11.1 Å². The van der Waals surface area contributed by atoms with Gasteiger partial charge in [0.15, 0.2) is 0 Å². The van der Waals surface area contributed by atoms with Crippen LogP contribution in [0.2, 0.25) is 0 Å². The first-order valence-electron chi connectivity index (χ1n) is 10.5. The van der Waals surface area contributed by atoms with Crippen LogP contribution < -0.4 is 75.9 Å². The zero-order chi connectivity index (χ0) is 27.8. The van der Waals surface area contributed by atoms with E-state index in [1.165, 1.54) is 18.2 Å². The molecule has 0 spiro atoms. The SMILES string of the molecule is CCc1nc(Nc2ccc(N=Nc3c(N)ccc4cc(S(=O)(=O)[O-])cc(O)c34)c(S(=O)(=O)[O-])c2)nc(=O)[nH]1.[Na+].[Na+]. The summed E-state index contributed by atoms with van der Waals surface area (Å²) in [6.45, 7) is 1.75. The van der Waals surface area contributed by atoms with Gasteiger partial charge in [0.1, 0.15) is 43.2 Å². The number of hydrogen-bond acceptors (Lipinski definition) is 14. The molecule has 0 aliphatic carbocycles. The molecule has 4 aromatic rings. The fourth-order valence-electron chi connectivity index (χ4n) is 3.43. The van der Waals surface area contributed by atoms with Gasteiger partial charge in [-0.1, -0.05) is 13.0 Å². The number of nitrogens with zero attached hydrogens (tertiary/aromatic N) is 4. The Morgan fingerprint density at radius 1 is 1.00 bits per heavy atom. The van der Waals surface area contributed by atoms with Gasteiger partial charge in [0.25, 0.3) is 0 Å². The van der Waals surface area contributed by atoms with Gasteiger partial charge in [0, 0.05) is 12.1 Å². The van der Waals surface area contributed by atoms with E-state index < -0.39 is 41.5 Å². The average Bonchev–Trinajstić information content (AvgIpc) is 2.82. The second kappa shape index (κ2) is 13.0. The van der Waals surface area contributed by atoms with Crippen LogP contribution in [0.15, 0.2) is 67.3 Å². The Hall–Kier alpha value is -2.45. The van der Waals surface area contributed by atoms with E-state index in [9.17, 15) is 35.8 Å². The Morgan fingerprint density at radius 3 is 2.33 bits per heavy atom. The Bertz CT molecular complexity index is 1900. The molecule has 0 fully saturated rings. The number of aromatic hydroxyl groups is 1. The van der Waals surface area contributed by atoms with Gasteiger partial charge < -0.3 is 25.3 Å². The van der Waals surface area contributed by atoms with Gasteiger partial charge in [-0.05, 0) is 41.8 Å². The number of nitrogens with one attached hydrogen (secondary N) is 2. The molecule has 1 heterocycles. The summed E-state index contributed by atoms with van der Waals surface area (Å²) in [6, 6.07) is 7.79. The summed E-state index contributed by atoms with van der Waals surface area (Å²) in [5.41, 5.74) is 4.72. The molecule has 198 valence electrons. The van der Waals surface area contributed by atoms with Crippen LogP contribution in [-0.2, 0) is 26.7 Å². The van der Waals surface area contributed by atoms with Crippen LogP contribution in [0.5, 0.6) is 5.75 Å². The second-order valence-electron chi connectivity index (χ2n) is 7.74. The van der Waals surface area contributed by atoms with E-state index in [1.54, 1.807) is 6.92 Å². The van der Waals surface area contributed by atoms with E-state index in [0.29, 0.717) is 12.2 Å². The molecule has 40 heavy (non-hydrogen) atoms. The van der Waals surface area contributed by atoms with E-state index in [2.05, 4.69) is 30.5 Å². The fourth-order valence-corrected chi connectivity index (χ4v) is 4.59. The number of phenols is 1. The molecule has 0 radical (unpaired) electrons. The third kappa shape index (κ3) is 7.64. The van der Waals surface area contributed by atoms with Gasteiger partial charge >= 0.3 is 64.8 Å². The van der Waals surface area contributed by atoms with Crippen molar-refractivity contribution in [1.29, 1.82) is 0 Å². The molecule has 4 rings (SSSR count). The number of phenolic OH excluding ortho intramolecular Hbond substituents is 1. The molecule has 5 N–H and O–H groups in total. The molecule has 3 aromatic carbocycles. The molecule has 0 aliphatic rings. The Balaban J connectivity index is 0.00000280. The Morgan fingerprint density at radius 2 is 1.70 bits per heavy atom. The minimum Gasteiger partial charge on any atom is -0.744 e. The van der Waals surface area contributed by atoms with Crippen LogP contribution in [0.3, 0.4) is 0 Å². The number of hydrogen-bond donors (Lipinski definition) is 4. The molecular formula is C21H17N7Na2O8S2. The zero-order valence-corrected chi connectivity index (χ0v) is 26.9. The van der Waals surface area contributed by atoms with Gasteiger partial charge in [0.2, 0.25) is 5.95 Å². The summed E-state index contributed by atoms with van der Waals surface area (Å²) in [4.78, 5) is 20.3. The van der Waals surface area contributed by atoms with Crippen molar-refractivity contribution in [1.82, 2.24) is 15.0 Å². The van der Waals surface area contributed by atoms with Gasteiger partial charge in [-0.25, -0.2) is 21.6 Å². The molecule has 0 saturated heterocycles. The number of anilines is 3. The number of aryl methyl sites for hydroxylation is 1. The summed E-state index contributed by atoms with van der Waals surface area (Å²) in [6.07, 6.45) is 0.396. The van der Waals surface area contributed by atoms with Gasteiger partial charge in [0.05, 0.1) is 20.9 Å². The number of rotatable bonds is 7. The number of aromatic amines is 1. The maximum atomic E-state index is 12.0. The first-order valence-corrected chi connectivity index (χ1v) is 13.3. The van der Waals surface area contributed by atoms with Gasteiger partial charge in [-0.15, -0.1) is 10.2 Å². The van der Waals surface area contributed by atoms with Crippen molar-refractivity contribution < 1.29 is 90.2 Å². The number of aromatic nitrogens is 3. The molecule has 0 bridgehead atoms. The third-order valence-electron chi connectivity index (χ3n) is 5.14. The number of nitrogen functional groups attached to an aromatic ring is 1. The Kier molecular flexibility index (Phi) is 11.0. The molecule has 0 atom stereocenters. The molecule has 15 nitrogen and oxygen atoms in total. The van der Waals surface area contributed by atoms with Crippen molar-refractivity contribution in [3.05, 3.63) is 58.8 Å². The van der Waals surface area contributed by atoms with Crippen LogP contribution in [0, 0.1) is 0 Å². The first-order chi connectivity index (χ1) is 17.8. The Labute approximate surface area is 271 Å². The molecular weight excluding hydrogens is 588 g/mol. The predicted molar refractivity (Wildman–Crippen MR) is 132 cm³/mol. The molecule has 0 amide bonds. The van der Waals surface area contributed by atoms with Crippen LogP contribution in [0.25, 0.3) is 10.8 Å². The minimum absolute atomic E-state index is 0. The van der Waals surface area contributed by atoms with Gasteiger partial charge in [-0.2, -0.15) is 9.97 Å². The molecule has 1 aromatic heterocycles. The minimum atomic E-state index is -5.09. The summed E-state index contributed by atoms with van der Waals surface area (Å²) >= 11 is 0. The van der Waals surface area contributed by atoms with Crippen molar-refractivity contribution in [2.24, 2.45) is 10.2 Å². The van der Waals surface area contributed by atoms with Crippen molar-refractivity contribution in [3.8, 4) is 5.75 Å². The molecule has 0 unspecified atom stereocenters. The third-order valence-corrected chi connectivity index (χ3v) is 6.82. The van der Waals surface area contributed by atoms with E-state index in [4.69, 9.17) is 5.73 Å². The normalized spacial score (nSPS) is 11.7. The standard InChI is InChI=1S/C21H19N7O8S2.2Na/c1-2-17-24-20(26-21(30)25-17)23-11-4-6-14(16(8-11)38(34,35)36)27-28-19-13(22)5-3-10-7-12(37(31,32)33)9-15(29)18(10)19;;/h3-9,29H,2,22H2,1H3,(H,31,32,33)(H,34,35,36)(H2,23,24,25,26,30);;/q;2*+1/p-2. The maximum Gasteiger partial charge on any atom is 1.00 e. The smallest absolute Gasteiger partial charge is 0.744 e. The van der Waals surface area contributed by atoms with E-state index in [0.717, 1.165) is 24.3 Å². The quantitative estimate of drug-likeness (QED) is 0.0683. The maximum absolute atomic E-state index is 12.0. The largest absolute Gasteiger partial charge is 1.00 e. The van der Waals surface area contributed by atoms with Gasteiger partial charge in [-0.3, -0.25) is 4.98 Å². The van der Waals surface area contributed by atoms with Crippen LogP contribution >= 0.6 is 0 Å². The van der Waals surface area contributed by atoms with Crippen molar-refractivity contribution in [2.45, 2.75) is 23.1 Å². The summed E-state index contributed by atoms with van der Waals surface area (Å²) in [7, 11) is -9.97. The van der Waals surface area contributed by atoms with E-state index >= 15 is 0 Å². The number of nitrogens with two attached hydrogens (primary N) is 1. The van der Waals surface area contributed by atoms with E-state index in [1.807, 2.05) is 0 Å². The number of benzene rings is 3. The van der Waals surface area contributed by atoms with Crippen LogP contribution in [-0.4, -0.2) is 46.0 Å². The van der Waals surface area contributed by atoms with Crippen molar-refractivity contribution >= 4 is 59.7 Å². The summed E-state index contributed by atoms with van der Waals surface area (Å²) in [5, 5.41) is 20.8. The average molecular weight is 606 g/mol. The van der Waals surface area contributed by atoms with Crippen LogP contribution in [0.1, 0.15) is 12.7 Å². The number of H-pyrrole nitrogens is 1.